The van der Waals surface area contributed by atoms with Gasteiger partial charge in [-0.15, -0.1) is 11.3 Å². The van der Waals surface area contributed by atoms with E-state index in [4.69, 9.17) is 17.0 Å². The first-order chi connectivity index (χ1) is 12.0. The van der Waals surface area contributed by atoms with E-state index in [1.54, 1.807) is 7.11 Å². The van der Waals surface area contributed by atoms with E-state index in [-0.39, 0.29) is 5.56 Å². The molecular formula is C17H17N3O2S3. The van der Waals surface area contributed by atoms with Crippen LogP contribution in [0.3, 0.4) is 0 Å². The van der Waals surface area contributed by atoms with E-state index in [1.165, 1.54) is 23.1 Å². The molecule has 0 atom stereocenters. The van der Waals surface area contributed by atoms with Crippen LogP contribution in [0, 0.1) is 6.92 Å². The number of rotatable bonds is 5. The number of aromatic nitrogens is 2. The van der Waals surface area contributed by atoms with Gasteiger partial charge in [-0.05, 0) is 30.7 Å². The molecule has 0 aliphatic carbocycles. The lowest BCUT2D eigenvalue weighted by molar-refractivity contribution is 0.414. The topological polar surface area (TPSA) is 67.0 Å². The number of hydrogen-bond acceptors (Lipinski definition) is 6. The summed E-state index contributed by atoms with van der Waals surface area (Å²) in [5.41, 5.74) is 1.02. The van der Waals surface area contributed by atoms with E-state index in [0.717, 1.165) is 21.0 Å². The van der Waals surface area contributed by atoms with E-state index in [2.05, 4.69) is 15.3 Å². The molecular weight excluding hydrogens is 374 g/mol. The lowest BCUT2D eigenvalue weighted by Gasteiger charge is -2.08. The first-order valence-corrected chi connectivity index (χ1v) is 9.79. The number of H-pyrrole nitrogens is 1. The SMILES string of the molecule is COc1ccc(CNC(=S)SCc2nc3sc(C)cc3c(=O)[nH]2)cc1. The van der Waals surface area contributed by atoms with Crippen molar-refractivity contribution in [1.29, 1.82) is 0 Å². The molecule has 0 amide bonds. The van der Waals surface area contributed by atoms with Gasteiger partial charge in [0.05, 0.1) is 18.2 Å². The number of aryl methyl sites for hydroxylation is 1. The summed E-state index contributed by atoms with van der Waals surface area (Å²) in [7, 11) is 1.65. The van der Waals surface area contributed by atoms with Gasteiger partial charge < -0.3 is 15.0 Å². The molecule has 0 aliphatic heterocycles. The number of thiophene rings is 1. The lowest BCUT2D eigenvalue weighted by Crippen LogP contribution is -2.18. The number of nitrogens with one attached hydrogen (secondary N) is 2. The number of thioether (sulfide) groups is 1. The molecule has 1 aromatic carbocycles. The Morgan fingerprint density at radius 3 is 2.88 bits per heavy atom. The molecule has 3 aromatic rings. The Bertz CT molecular complexity index is 948. The van der Waals surface area contributed by atoms with Gasteiger partial charge in [0.2, 0.25) is 0 Å². The summed E-state index contributed by atoms with van der Waals surface area (Å²) in [6.07, 6.45) is 0. The number of methoxy groups -OCH3 is 1. The van der Waals surface area contributed by atoms with E-state index >= 15 is 0 Å². The molecule has 2 aromatic heterocycles. The minimum absolute atomic E-state index is 0.0953. The predicted octanol–water partition coefficient (Wildman–Crippen LogP) is 3.61. The fraction of sp³-hybridized carbons (Fsp3) is 0.235. The Morgan fingerprint density at radius 2 is 2.16 bits per heavy atom. The van der Waals surface area contributed by atoms with Gasteiger partial charge in [0.15, 0.2) is 0 Å². The second-order valence-corrected chi connectivity index (χ2v) is 8.25. The minimum atomic E-state index is -0.0953. The summed E-state index contributed by atoms with van der Waals surface area (Å²) < 4.78 is 5.81. The van der Waals surface area contributed by atoms with Gasteiger partial charge in [-0.25, -0.2) is 4.98 Å². The zero-order valence-corrected chi connectivity index (χ0v) is 16.2. The van der Waals surface area contributed by atoms with Crippen LogP contribution in [0.4, 0.5) is 0 Å². The maximum absolute atomic E-state index is 12.1. The van der Waals surface area contributed by atoms with Crippen molar-refractivity contribution in [3.8, 4) is 5.75 Å². The van der Waals surface area contributed by atoms with Crippen molar-refractivity contribution < 1.29 is 4.74 Å². The smallest absolute Gasteiger partial charge is 0.259 e. The molecule has 0 fully saturated rings. The van der Waals surface area contributed by atoms with E-state index < -0.39 is 0 Å². The van der Waals surface area contributed by atoms with Gasteiger partial charge in [0.25, 0.3) is 5.56 Å². The second kappa shape index (κ2) is 7.99. The third-order valence-electron chi connectivity index (χ3n) is 3.51. The number of ether oxygens (including phenoxy) is 1. The number of benzene rings is 1. The number of thiocarbonyl (C=S) groups is 1. The number of hydrogen-bond donors (Lipinski definition) is 2. The number of nitrogens with zero attached hydrogens (tertiary/aromatic N) is 1. The average Bonchev–Trinajstić information content (AvgIpc) is 2.99. The zero-order valence-electron chi connectivity index (χ0n) is 13.8. The molecule has 0 saturated carbocycles. The normalized spacial score (nSPS) is 10.8. The maximum Gasteiger partial charge on any atom is 0.259 e. The highest BCUT2D eigenvalue weighted by Crippen LogP contribution is 2.21. The first-order valence-electron chi connectivity index (χ1n) is 7.58. The molecule has 5 nitrogen and oxygen atoms in total. The van der Waals surface area contributed by atoms with Crippen molar-refractivity contribution in [2.75, 3.05) is 7.11 Å². The standard InChI is InChI=1S/C17H17N3O2S3/c1-10-7-13-15(21)19-14(20-16(13)25-10)9-24-17(23)18-8-11-3-5-12(22-2)6-4-11/h3-7H,8-9H2,1-2H3,(H,18,23)(H,19,20,21). The Labute approximate surface area is 158 Å². The van der Waals surface area contributed by atoms with Crippen LogP contribution in [-0.4, -0.2) is 21.4 Å². The molecule has 8 heteroatoms. The molecule has 0 aliphatic rings. The van der Waals surface area contributed by atoms with Crippen LogP contribution in [0.15, 0.2) is 35.1 Å². The van der Waals surface area contributed by atoms with Crippen LogP contribution >= 0.6 is 35.3 Å². The second-order valence-electron chi connectivity index (χ2n) is 5.37. The molecule has 3 rings (SSSR count). The zero-order chi connectivity index (χ0) is 17.8. The van der Waals surface area contributed by atoms with Crippen molar-refractivity contribution in [2.24, 2.45) is 0 Å². The Morgan fingerprint density at radius 1 is 1.40 bits per heavy atom. The maximum atomic E-state index is 12.1. The molecule has 2 heterocycles. The molecule has 0 spiro atoms. The van der Waals surface area contributed by atoms with Gasteiger partial charge in [-0.1, -0.05) is 36.1 Å². The van der Waals surface area contributed by atoms with Crippen LogP contribution in [0.1, 0.15) is 16.3 Å². The molecule has 0 unspecified atom stereocenters. The van der Waals surface area contributed by atoms with Crippen molar-refractivity contribution in [3.63, 3.8) is 0 Å². The van der Waals surface area contributed by atoms with Gasteiger partial charge in [0, 0.05) is 11.4 Å². The predicted molar refractivity (Wildman–Crippen MR) is 109 cm³/mol. The van der Waals surface area contributed by atoms with E-state index in [0.29, 0.717) is 27.8 Å². The quantitative estimate of drug-likeness (QED) is 0.648. The average molecular weight is 392 g/mol. The van der Waals surface area contributed by atoms with E-state index in [1.807, 2.05) is 37.3 Å². The van der Waals surface area contributed by atoms with Gasteiger partial charge in [0.1, 0.15) is 20.7 Å². The summed E-state index contributed by atoms with van der Waals surface area (Å²) in [6, 6.07) is 9.68. The summed E-state index contributed by atoms with van der Waals surface area (Å²) in [4.78, 5) is 21.2. The van der Waals surface area contributed by atoms with Crippen molar-refractivity contribution in [2.45, 2.75) is 19.2 Å². The highest BCUT2D eigenvalue weighted by atomic mass is 32.2. The monoisotopic (exact) mass is 391 g/mol. The molecule has 0 bridgehead atoms. The Hall–Kier alpha value is -1.90. The fourth-order valence-electron chi connectivity index (χ4n) is 2.27. The fourth-order valence-corrected chi connectivity index (χ4v) is 3.99. The molecule has 0 saturated heterocycles. The minimum Gasteiger partial charge on any atom is -0.497 e. The number of fused-ring (bicyclic) bond motifs is 1. The molecule has 130 valence electrons. The van der Waals surface area contributed by atoms with Crippen molar-refractivity contribution in [3.05, 3.63) is 57.0 Å². The van der Waals surface area contributed by atoms with Gasteiger partial charge >= 0.3 is 0 Å². The van der Waals surface area contributed by atoms with Crippen molar-refractivity contribution in [1.82, 2.24) is 15.3 Å². The number of aromatic amines is 1. The third kappa shape index (κ3) is 4.59. The lowest BCUT2D eigenvalue weighted by atomic mass is 10.2. The van der Waals surface area contributed by atoms with Crippen LogP contribution < -0.4 is 15.6 Å². The van der Waals surface area contributed by atoms with Crippen LogP contribution in [0.5, 0.6) is 5.75 Å². The highest BCUT2D eigenvalue weighted by Gasteiger charge is 2.08. The van der Waals surface area contributed by atoms with Gasteiger partial charge in [-0.2, -0.15) is 0 Å². The molecule has 2 N–H and O–H groups in total. The largest absolute Gasteiger partial charge is 0.497 e. The summed E-state index contributed by atoms with van der Waals surface area (Å²) in [6.45, 7) is 2.61. The Balaban J connectivity index is 1.55. The Kier molecular flexibility index (Phi) is 5.72. The molecule has 25 heavy (non-hydrogen) atoms. The van der Waals surface area contributed by atoms with Crippen LogP contribution in [0.2, 0.25) is 0 Å². The summed E-state index contributed by atoms with van der Waals surface area (Å²) >= 11 is 8.32. The van der Waals surface area contributed by atoms with Crippen LogP contribution in [-0.2, 0) is 12.3 Å². The molecule has 0 radical (unpaired) electrons. The van der Waals surface area contributed by atoms with Crippen molar-refractivity contribution >= 4 is 49.9 Å². The summed E-state index contributed by atoms with van der Waals surface area (Å²) in [5, 5.41) is 3.85. The third-order valence-corrected chi connectivity index (χ3v) is 5.78. The van der Waals surface area contributed by atoms with E-state index in [9.17, 15) is 4.79 Å². The first kappa shape index (κ1) is 17.9. The summed E-state index contributed by atoms with van der Waals surface area (Å²) in [5.74, 6) is 1.99. The highest BCUT2D eigenvalue weighted by molar-refractivity contribution is 8.22. The van der Waals surface area contributed by atoms with Gasteiger partial charge in [-0.3, -0.25) is 4.79 Å². The van der Waals surface area contributed by atoms with Crippen LogP contribution in [0.25, 0.3) is 10.2 Å².